The van der Waals surface area contributed by atoms with Crippen LogP contribution in [0, 0.1) is 6.92 Å². The standard InChI is InChI=1S/C13H19ClN2O4S/c1-9-7-12(13(20-3)8-11(9)14)16(21(4,18)19)6-5-15-10(2)17/h7-8H,5-6H2,1-4H3,(H,15,17). The maximum Gasteiger partial charge on any atom is 0.232 e. The Morgan fingerprint density at radius 2 is 2.05 bits per heavy atom. The zero-order chi connectivity index (χ0) is 16.2. The molecular weight excluding hydrogens is 316 g/mol. The van der Waals surface area contributed by atoms with E-state index in [4.69, 9.17) is 16.3 Å². The van der Waals surface area contributed by atoms with Crippen LogP contribution in [0.15, 0.2) is 12.1 Å². The quantitative estimate of drug-likeness (QED) is 0.856. The number of ether oxygens (including phenoxy) is 1. The molecular formula is C13H19ClN2O4S. The Balaban J connectivity index is 3.20. The Morgan fingerprint density at radius 3 is 2.52 bits per heavy atom. The van der Waals surface area contributed by atoms with Crippen molar-refractivity contribution in [3.8, 4) is 5.75 Å². The number of nitrogens with zero attached hydrogens (tertiary/aromatic N) is 1. The van der Waals surface area contributed by atoms with Crippen LogP contribution in [0.3, 0.4) is 0 Å². The third-order valence-corrected chi connectivity index (χ3v) is 4.41. The van der Waals surface area contributed by atoms with Gasteiger partial charge in [-0.1, -0.05) is 11.6 Å². The van der Waals surface area contributed by atoms with E-state index < -0.39 is 10.0 Å². The molecule has 8 heteroatoms. The van der Waals surface area contributed by atoms with Crippen LogP contribution in [0.2, 0.25) is 5.02 Å². The van der Waals surface area contributed by atoms with Crippen molar-refractivity contribution in [2.45, 2.75) is 13.8 Å². The first kappa shape index (κ1) is 17.6. The molecule has 1 rings (SSSR count). The van der Waals surface area contributed by atoms with Gasteiger partial charge in [0.1, 0.15) is 5.75 Å². The van der Waals surface area contributed by atoms with Gasteiger partial charge in [-0.15, -0.1) is 0 Å². The zero-order valence-corrected chi connectivity index (χ0v) is 14.0. The fraction of sp³-hybridized carbons (Fsp3) is 0.462. The van der Waals surface area contributed by atoms with E-state index in [1.807, 2.05) is 0 Å². The number of anilines is 1. The van der Waals surface area contributed by atoms with Crippen molar-refractivity contribution in [1.82, 2.24) is 5.32 Å². The normalized spacial score (nSPS) is 11.1. The maximum atomic E-state index is 12.0. The van der Waals surface area contributed by atoms with Gasteiger partial charge >= 0.3 is 0 Å². The summed E-state index contributed by atoms with van der Waals surface area (Å²) in [5.41, 5.74) is 1.13. The molecule has 0 heterocycles. The molecule has 0 unspecified atom stereocenters. The molecule has 0 fully saturated rings. The minimum absolute atomic E-state index is 0.107. The summed E-state index contributed by atoms with van der Waals surface area (Å²) in [6.07, 6.45) is 1.10. The number of hydrogen-bond acceptors (Lipinski definition) is 4. The molecule has 1 aromatic rings. The van der Waals surface area contributed by atoms with Gasteiger partial charge in [0.25, 0.3) is 0 Å². The maximum absolute atomic E-state index is 12.0. The van der Waals surface area contributed by atoms with Gasteiger partial charge in [-0.2, -0.15) is 0 Å². The lowest BCUT2D eigenvalue weighted by Crippen LogP contribution is -2.37. The van der Waals surface area contributed by atoms with Gasteiger partial charge in [0.15, 0.2) is 0 Å². The predicted molar refractivity (Wildman–Crippen MR) is 83.6 cm³/mol. The van der Waals surface area contributed by atoms with Gasteiger partial charge in [-0.25, -0.2) is 8.42 Å². The summed E-state index contributed by atoms with van der Waals surface area (Å²) in [4.78, 5) is 10.9. The van der Waals surface area contributed by atoms with E-state index in [9.17, 15) is 13.2 Å². The van der Waals surface area contributed by atoms with Crippen molar-refractivity contribution < 1.29 is 17.9 Å². The molecule has 0 aliphatic carbocycles. The summed E-state index contributed by atoms with van der Waals surface area (Å²) >= 11 is 6.02. The fourth-order valence-electron chi connectivity index (χ4n) is 1.80. The number of halogens is 1. The Bertz CT molecular complexity index is 631. The molecule has 0 radical (unpaired) electrons. The van der Waals surface area contributed by atoms with E-state index in [1.165, 1.54) is 18.3 Å². The van der Waals surface area contributed by atoms with E-state index in [0.29, 0.717) is 16.5 Å². The highest BCUT2D eigenvalue weighted by molar-refractivity contribution is 7.92. The van der Waals surface area contributed by atoms with Crippen molar-refractivity contribution in [3.05, 3.63) is 22.7 Å². The molecule has 0 aromatic heterocycles. The lowest BCUT2D eigenvalue weighted by Gasteiger charge is -2.25. The van der Waals surface area contributed by atoms with Gasteiger partial charge in [-0.3, -0.25) is 9.10 Å². The average Bonchev–Trinajstić information content (AvgIpc) is 2.36. The van der Waals surface area contributed by atoms with Crippen molar-refractivity contribution >= 4 is 33.2 Å². The Kier molecular flexibility index (Phi) is 5.86. The summed E-state index contributed by atoms with van der Waals surface area (Å²) in [6, 6.07) is 3.22. The Hall–Kier alpha value is -1.47. The van der Waals surface area contributed by atoms with E-state index in [2.05, 4.69) is 5.32 Å². The lowest BCUT2D eigenvalue weighted by atomic mass is 10.2. The van der Waals surface area contributed by atoms with Gasteiger partial charge in [0, 0.05) is 24.6 Å². The number of carbonyl (C=O) groups is 1. The Labute approximate surface area is 130 Å². The predicted octanol–water partition coefficient (Wildman–Crippen LogP) is 1.56. The first-order valence-electron chi connectivity index (χ1n) is 6.23. The molecule has 118 valence electrons. The number of hydrogen-bond donors (Lipinski definition) is 1. The molecule has 1 aromatic carbocycles. The number of nitrogens with one attached hydrogen (secondary N) is 1. The molecule has 6 nitrogen and oxygen atoms in total. The largest absolute Gasteiger partial charge is 0.494 e. The first-order valence-corrected chi connectivity index (χ1v) is 8.45. The third-order valence-electron chi connectivity index (χ3n) is 2.82. The van der Waals surface area contributed by atoms with Crippen LogP contribution in [0.25, 0.3) is 0 Å². The SMILES string of the molecule is COc1cc(Cl)c(C)cc1N(CCNC(C)=O)S(C)(=O)=O. The second kappa shape index (κ2) is 7.00. The van der Waals surface area contributed by atoms with Crippen molar-refractivity contribution in [2.75, 3.05) is 30.8 Å². The van der Waals surface area contributed by atoms with Gasteiger partial charge in [0.05, 0.1) is 25.6 Å². The highest BCUT2D eigenvalue weighted by Gasteiger charge is 2.22. The molecule has 1 N–H and O–H groups in total. The molecule has 21 heavy (non-hydrogen) atoms. The van der Waals surface area contributed by atoms with Gasteiger partial charge in [-0.05, 0) is 18.6 Å². The number of benzene rings is 1. The molecule has 0 saturated heterocycles. The number of amides is 1. The smallest absolute Gasteiger partial charge is 0.232 e. The van der Waals surface area contributed by atoms with Gasteiger partial charge in [0.2, 0.25) is 15.9 Å². The van der Waals surface area contributed by atoms with E-state index in [0.717, 1.165) is 11.8 Å². The van der Waals surface area contributed by atoms with Crippen molar-refractivity contribution in [2.24, 2.45) is 0 Å². The second-order valence-corrected chi connectivity index (χ2v) is 6.91. The summed E-state index contributed by atoms with van der Waals surface area (Å²) in [6.45, 7) is 3.46. The number of carbonyl (C=O) groups excluding carboxylic acids is 1. The average molecular weight is 335 g/mol. The monoisotopic (exact) mass is 334 g/mol. The second-order valence-electron chi connectivity index (χ2n) is 4.59. The molecule has 0 spiro atoms. The Morgan fingerprint density at radius 1 is 1.43 bits per heavy atom. The number of rotatable bonds is 6. The minimum Gasteiger partial charge on any atom is -0.494 e. The van der Waals surface area contributed by atoms with Crippen LogP contribution in [-0.2, 0) is 14.8 Å². The number of methoxy groups -OCH3 is 1. The first-order chi connectivity index (χ1) is 9.66. The summed E-state index contributed by atoms with van der Waals surface area (Å²) in [5, 5.41) is 3.06. The van der Waals surface area contributed by atoms with E-state index >= 15 is 0 Å². The molecule has 0 saturated carbocycles. The summed E-state index contributed by atoms with van der Waals surface area (Å²) < 4.78 is 30.4. The van der Waals surface area contributed by atoms with Crippen LogP contribution >= 0.6 is 11.6 Å². The van der Waals surface area contributed by atoms with Crippen LogP contribution in [0.4, 0.5) is 5.69 Å². The fourth-order valence-corrected chi connectivity index (χ4v) is 2.88. The summed E-state index contributed by atoms with van der Waals surface area (Å²) in [5.74, 6) is 0.140. The van der Waals surface area contributed by atoms with Crippen LogP contribution in [0.5, 0.6) is 5.75 Å². The van der Waals surface area contributed by atoms with Crippen molar-refractivity contribution in [1.29, 1.82) is 0 Å². The molecule has 0 aliphatic rings. The zero-order valence-electron chi connectivity index (χ0n) is 12.4. The topological polar surface area (TPSA) is 75.7 Å². The molecule has 0 atom stereocenters. The van der Waals surface area contributed by atoms with Crippen LogP contribution < -0.4 is 14.4 Å². The minimum atomic E-state index is -3.52. The van der Waals surface area contributed by atoms with Crippen LogP contribution in [0.1, 0.15) is 12.5 Å². The van der Waals surface area contributed by atoms with Crippen LogP contribution in [-0.4, -0.2) is 40.8 Å². The van der Waals surface area contributed by atoms with Gasteiger partial charge < -0.3 is 10.1 Å². The molecule has 0 bridgehead atoms. The highest BCUT2D eigenvalue weighted by atomic mass is 35.5. The number of aryl methyl sites for hydroxylation is 1. The van der Waals surface area contributed by atoms with E-state index in [-0.39, 0.29) is 19.0 Å². The summed E-state index contributed by atoms with van der Waals surface area (Å²) in [7, 11) is -2.08. The number of sulfonamides is 1. The van der Waals surface area contributed by atoms with E-state index in [1.54, 1.807) is 19.1 Å². The molecule has 0 aliphatic heterocycles. The molecule has 1 amide bonds. The third kappa shape index (κ3) is 4.78. The highest BCUT2D eigenvalue weighted by Crippen LogP contribution is 2.34. The van der Waals surface area contributed by atoms with Crippen molar-refractivity contribution in [3.63, 3.8) is 0 Å². The lowest BCUT2D eigenvalue weighted by molar-refractivity contribution is -0.118.